The van der Waals surface area contributed by atoms with E-state index in [-0.39, 0.29) is 5.91 Å². The second-order valence-corrected chi connectivity index (χ2v) is 8.69. The van der Waals surface area contributed by atoms with Crippen LogP contribution in [0.25, 0.3) is 20.1 Å². The summed E-state index contributed by atoms with van der Waals surface area (Å²) >= 11 is 3.09. The van der Waals surface area contributed by atoms with Crippen LogP contribution in [-0.2, 0) is 4.74 Å². The molecule has 0 aliphatic carbocycles. The first-order chi connectivity index (χ1) is 14.3. The SMILES string of the molecule is O=C(Nc1cccnc1N1CCOCC1)c1ccc(-c2nc3ccccc3s2)s1. The van der Waals surface area contributed by atoms with Gasteiger partial charge in [0.05, 0.1) is 38.9 Å². The third-order valence-corrected chi connectivity index (χ3v) is 6.97. The van der Waals surface area contributed by atoms with Gasteiger partial charge in [-0.05, 0) is 36.4 Å². The van der Waals surface area contributed by atoms with E-state index in [1.807, 2.05) is 42.5 Å². The molecule has 146 valence electrons. The minimum Gasteiger partial charge on any atom is -0.378 e. The average molecular weight is 423 g/mol. The summed E-state index contributed by atoms with van der Waals surface area (Å²) in [5.74, 6) is 0.650. The zero-order chi connectivity index (χ0) is 19.6. The highest BCUT2D eigenvalue weighted by atomic mass is 32.1. The van der Waals surface area contributed by atoms with Gasteiger partial charge in [-0.1, -0.05) is 12.1 Å². The number of hydrogen-bond acceptors (Lipinski definition) is 7. The number of benzene rings is 1. The van der Waals surface area contributed by atoms with Gasteiger partial charge in [0.25, 0.3) is 5.91 Å². The molecule has 1 aliphatic rings. The largest absolute Gasteiger partial charge is 0.378 e. The molecule has 4 heterocycles. The molecular weight excluding hydrogens is 404 g/mol. The molecule has 1 fully saturated rings. The Balaban J connectivity index is 1.37. The van der Waals surface area contributed by atoms with Crippen molar-refractivity contribution in [3.05, 3.63) is 59.6 Å². The number of para-hydroxylation sites is 1. The van der Waals surface area contributed by atoms with Crippen LogP contribution in [0, 0.1) is 0 Å². The molecule has 1 amide bonds. The number of nitrogens with zero attached hydrogens (tertiary/aromatic N) is 3. The van der Waals surface area contributed by atoms with Gasteiger partial charge in [-0.25, -0.2) is 9.97 Å². The maximum absolute atomic E-state index is 12.9. The highest BCUT2D eigenvalue weighted by molar-refractivity contribution is 7.26. The number of thiophene rings is 1. The molecule has 4 aromatic rings. The number of carbonyl (C=O) groups excluding carboxylic acids is 1. The lowest BCUT2D eigenvalue weighted by atomic mass is 10.3. The Labute approximate surface area is 175 Å². The predicted molar refractivity (Wildman–Crippen MR) is 118 cm³/mol. The third-order valence-electron chi connectivity index (χ3n) is 4.68. The quantitative estimate of drug-likeness (QED) is 0.524. The smallest absolute Gasteiger partial charge is 0.265 e. The van der Waals surface area contributed by atoms with E-state index < -0.39 is 0 Å². The number of ether oxygens (including phenoxy) is 1. The number of thiazole rings is 1. The fourth-order valence-corrected chi connectivity index (χ4v) is 5.18. The number of amides is 1. The molecule has 1 aliphatic heterocycles. The lowest BCUT2D eigenvalue weighted by Gasteiger charge is -2.29. The molecule has 29 heavy (non-hydrogen) atoms. The number of nitrogens with one attached hydrogen (secondary N) is 1. The van der Waals surface area contributed by atoms with Crippen LogP contribution >= 0.6 is 22.7 Å². The van der Waals surface area contributed by atoms with Crippen LogP contribution < -0.4 is 10.2 Å². The summed E-state index contributed by atoms with van der Waals surface area (Å²) in [6.07, 6.45) is 1.75. The number of pyridine rings is 1. The number of morpholine rings is 1. The normalized spacial score (nSPS) is 14.3. The Hall–Kier alpha value is -2.81. The first-order valence-corrected chi connectivity index (χ1v) is 11.0. The van der Waals surface area contributed by atoms with Crippen molar-refractivity contribution >= 4 is 50.3 Å². The van der Waals surface area contributed by atoms with E-state index in [2.05, 4.69) is 26.3 Å². The lowest BCUT2D eigenvalue weighted by Crippen LogP contribution is -2.37. The van der Waals surface area contributed by atoms with E-state index in [1.165, 1.54) is 11.3 Å². The molecule has 6 nitrogen and oxygen atoms in total. The molecule has 0 unspecified atom stereocenters. The summed E-state index contributed by atoms with van der Waals surface area (Å²) in [6.45, 7) is 2.86. The Morgan fingerprint density at radius 1 is 1.03 bits per heavy atom. The van der Waals surface area contributed by atoms with Crippen LogP contribution in [0.5, 0.6) is 0 Å². The summed E-state index contributed by atoms with van der Waals surface area (Å²) in [5, 5.41) is 3.96. The van der Waals surface area contributed by atoms with Crippen LogP contribution in [0.15, 0.2) is 54.7 Å². The Morgan fingerprint density at radius 3 is 2.76 bits per heavy atom. The topological polar surface area (TPSA) is 67.4 Å². The number of aromatic nitrogens is 2. The van der Waals surface area contributed by atoms with E-state index in [9.17, 15) is 4.79 Å². The second kappa shape index (κ2) is 7.90. The molecule has 1 aromatic carbocycles. The standard InChI is InChI=1S/C21H18N4O2S2/c26-20(23-15-5-3-9-22-19(15)25-10-12-27-13-11-25)17-7-8-18(28-17)21-24-14-4-1-2-6-16(14)29-21/h1-9H,10-13H2,(H,23,26). The molecule has 0 spiro atoms. The van der Waals surface area contributed by atoms with E-state index in [1.54, 1.807) is 17.5 Å². The Morgan fingerprint density at radius 2 is 1.90 bits per heavy atom. The van der Waals surface area contributed by atoms with Crippen LogP contribution in [0.2, 0.25) is 0 Å². The summed E-state index contributed by atoms with van der Waals surface area (Å²) < 4.78 is 6.56. The number of fused-ring (bicyclic) bond motifs is 1. The maximum atomic E-state index is 12.9. The molecule has 3 aromatic heterocycles. The molecule has 0 bridgehead atoms. The van der Waals surface area contributed by atoms with E-state index >= 15 is 0 Å². The third kappa shape index (κ3) is 3.74. The molecule has 0 saturated carbocycles. The molecule has 1 saturated heterocycles. The Bertz CT molecular complexity index is 1130. The molecule has 0 radical (unpaired) electrons. The van der Waals surface area contributed by atoms with Gasteiger partial charge in [-0.2, -0.15) is 0 Å². The van der Waals surface area contributed by atoms with Crippen molar-refractivity contribution in [3.8, 4) is 9.88 Å². The Kier molecular flexibility index (Phi) is 4.97. The number of anilines is 2. The summed E-state index contributed by atoms with van der Waals surface area (Å²) in [4.78, 5) is 25.8. The zero-order valence-corrected chi connectivity index (χ0v) is 17.1. The van der Waals surface area contributed by atoms with E-state index in [4.69, 9.17) is 4.74 Å². The van der Waals surface area contributed by atoms with Gasteiger partial charge >= 0.3 is 0 Å². The molecule has 5 rings (SSSR count). The van der Waals surface area contributed by atoms with Gasteiger partial charge in [0, 0.05) is 19.3 Å². The van der Waals surface area contributed by atoms with Crippen molar-refractivity contribution in [2.24, 2.45) is 0 Å². The van der Waals surface area contributed by atoms with Crippen molar-refractivity contribution < 1.29 is 9.53 Å². The maximum Gasteiger partial charge on any atom is 0.265 e. The lowest BCUT2D eigenvalue weighted by molar-refractivity contribution is 0.103. The summed E-state index contributed by atoms with van der Waals surface area (Å²) in [6, 6.07) is 15.6. The highest BCUT2D eigenvalue weighted by Gasteiger charge is 2.19. The first kappa shape index (κ1) is 18.2. The van der Waals surface area contributed by atoms with Gasteiger partial charge < -0.3 is 15.0 Å². The van der Waals surface area contributed by atoms with Crippen LogP contribution in [-0.4, -0.2) is 42.2 Å². The van der Waals surface area contributed by atoms with Crippen molar-refractivity contribution in [1.82, 2.24) is 9.97 Å². The second-order valence-electron chi connectivity index (χ2n) is 6.58. The first-order valence-electron chi connectivity index (χ1n) is 9.33. The summed E-state index contributed by atoms with van der Waals surface area (Å²) in [5.41, 5.74) is 1.70. The van der Waals surface area contributed by atoms with Crippen LogP contribution in [0.4, 0.5) is 11.5 Å². The van der Waals surface area contributed by atoms with Crippen molar-refractivity contribution in [1.29, 1.82) is 0 Å². The van der Waals surface area contributed by atoms with E-state index in [0.717, 1.165) is 39.0 Å². The molecule has 8 heteroatoms. The van der Waals surface area contributed by atoms with Crippen molar-refractivity contribution in [2.75, 3.05) is 36.5 Å². The van der Waals surface area contributed by atoms with Gasteiger partial charge in [0.15, 0.2) is 5.82 Å². The van der Waals surface area contributed by atoms with Crippen LogP contribution in [0.1, 0.15) is 9.67 Å². The summed E-state index contributed by atoms with van der Waals surface area (Å²) in [7, 11) is 0. The minimum absolute atomic E-state index is 0.134. The van der Waals surface area contributed by atoms with Gasteiger partial charge in [0.1, 0.15) is 5.01 Å². The number of hydrogen-bond donors (Lipinski definition) is 1. The monoisotopic (exact) mass is 422 g/mol. The number of rotatable bonds is 4. The van der Waals surface area contributed by atoms with Crippen molar-refractivity contribution in [3.63, 3.8) is 0 Å². The average Bonchev–Trinajstić information content (AvgIpc) is 3.42. The highest BCUT2D eigenvalue weighted by Crippen LogP contribution is 2.35. The predicted octanol–water partition coefficient (Wildman–Crippen LogP) is 4.51. The van der Waals surface area contributed by atoms with Crippen molar-refractivity contribution in [2.45, 2.75) is 0 Å². The number of carbonyl (C=O) groups is 1. The molecule has 0 atom stereocenters. The zero-order valence-electron chi connectivity index (χ0n) is 15.5. The minimum atomic E-state index is -0.134. The molecular formula is C21H18N4O2S2. The molecule has 1 N–H and O–H groups in total. The van der Waals surface area contributed by atoms with Crippen LogP contribution in [0.3, 0.4) is 0 Å². The van der Waals surface area contributed by atoms with Gasteiger partial charge in [-0.15, -0.1) is 22.7 Å². The fraction of sp³-hybridized carbons (Fsp3) is 0.190. The fourth-order valence-electron chi connectivity index (χ4n) is 3.26. The van der Waals surface area contributed by atoms with E-state index in [0.29, 0.717) is 23.8 Å². The van der Waals surface area contributed by atoms with Gasteiger partial charge in [-0.3, -0.25) is 4.79 Å². The van der Waals surface area contributed by atoms with Gasteiger partial charge in [0.2, 0.25) is 0 Å².